The second-order valence-electron chi connectivity index (χ2n) is 4.05. The van der Waals surface area contributed by atoms with E-state index in [0.29, 0.717) is 17.3 Å². The van der Waals surface area contributed by atoms with Crippen molar-refractivity contribution in [1.29, 1.82) is 0 Å². The lowest BCUT2D eigenvalue weighted by atomic mass is 10.1. The average Bonchev–Trinajstić information content (AvgIpc) is 2.88. The van der Waals surface area contributed by atoms with Gasteiger partial charge in [-0.05, 0) is 18.6 Å². The van der Waals surface area contributed by atoms with E-state index < -0.39 is 0 Å². The summed E-state index contributed by atoms with van der Waals surface area (Å²) in [6.45, 7) is 2.23. The Labute approximate surface area is 120 Å². The fourth-order valence-corrected chi connectivity index (χ4v) is 2.64. The number of hydrogen-bond donors (Lipinski definition) is 2. The van der Waals surface area contributed by atoms with Crippen LogP contribution < -0.4 is 11.1 Å². The molecule has 4 nitrogen and oxygen atoms in total. The van der Waals surface area contributed by atoms with Gasteiger partial charge in [0, 0.05) is 16.9 Å². The van der Waals surface area contributed by atoms with Crippen molar-refractivity contribution in [3.05, 3.63) is 50.9 Å². The predicted octanol–water partition coefficient (Wildman–Crippen LogP) is 2.75. The van der Waals surface area contributed by atoms with Crippen LogP contribution in [0.1, 0.15) is 34.0 Å². The molecular weight excluding hydrogens is 282 g/mol. The number of hydrogen-bond acceptors (Lipinski definition) is 4. The molecule has 0 aliphatic rings. The minimum atomic E-state index is -0.219. The predicted molar refractivity (Wildman–Crippen MR) is 77.3 cm³/mol. The first kappa shape index (κ1) is 14.0. The molecule has 2 aromatic rings. The molecule has 0 saturated heterocycles. The molecule has 0 aliphatic heterocycles. The van der Waals surface area contributed by atoms with E-state index in [9.17, 15) is 4.79 Å². The Morgan fingerprint density at radius 3 is 2.89 bits per heavy atom. The molecule has 19 heavy (non-hydrogen) atoms. The molecule has 3 N–H and O–H groups in total. The molecule has 1 unspecified atom stereocenters. The molecule has 6 heteroatoms. The Morgan fingerprint density at radius 2 is 2.26 bits per heavy atom. The lowest BCUT2D eigenvalue weighted by molar-refractivity contribution is 0.0935. The van der Waals surface area contributed by atoms with Gasteiger partial charge in [0.05, 0.1) is 6.04 Å². The topological polar surface area (TPSA) is 68.0 Å². The molecule has 0 aliphatic carbocycles. The Bertz CT molecular complexity index is 585. The van der Waals surface area contributed by atoms with Crippen molar-refractivity contribution >= 4 is 28.8 Å². The molecule has 0 bridgehead atoms. The van der Waals surface area contributed by atoms with Crippen LogP contribution in [0.2, 0.25) is 5.02 Å². The van der Waals surface area contributed by atoms with Crippen LogP contribution in [0.3, 0.4) is 0 Å². The van der Waals surface area contributed by atoms with Crippen molar-refractivity contribution in [3.8, 4) is 0 Å². The number of nitrogens with one attached hydrogen (secondary N) is 1. The van der Waals surface area contributed by atoms with Gasteiger partial charge in [0.15, 0.2) is 0 Å². The van der Waals surface area contributed by atoms with E-state index in [1.54, 1.807) is 11.4 Å². The first-order valence-electron chi connectivity index (χ1n) is 5.81. The van der Waals surface area contributed by atoms with Crippen LogP contribution >= 0.6 is 22.9 Å². The Balaban J connectivity index is 2.08. The van der Waals surface area contributed by atoms with Crippen LogP contribution in [0.25, 0.3) is 0 Å². The molecule has 0 saturated carbocycles. The fourth-order valence-electron chi connectivity index (χ4n) is 1.68. The summed E-state index contributed by atoms with van der Waals surface area (Å²) in [6, 6.07) is 7.26. The smallest absolute Gasteiger partial charge is 0.271 e. The van der Waals surface area contributed by atoms with E-state index in [2.05, 4.69) is 10.3 Å². The number of halogens is 1. The van der Waals surface area contributed by atoms with Crippen molar-refractivity contribution in [3.63, 3.8) is 0 Å². The molecule has 1 heterocycles. The summed E-state index contributed by atoms with van der Waals surface area (Å²) in [7, 11) is 0. The standard InChI is InChI=1S/C13H14ClN3OS/c1-8(9-4-2-3-5-10(9)14)16-13(18)11-7-19-12(6-15)17-11/h2-5,7-8H,6,15H2,1H3,(H,16,18). The summed E-state index contributed by atoms with van der Waals surface area (Å²) < 4.78 is 0. The van der Waals surface area contributed by atoms with Crippen LogP contribution in [0, 0.1) is 0 Å². The summed E-state index contributed by atoms with van der Waals surface area (Å²) in [5, 5.41) is 5.96. The molecule has 1 aromatic heterocycles. The van der Waals surface area contributed by atoms with Crippen LogP contribution in [0.5, 0.6) is 0 Å². The Hall–Kier alpha value is -1.43. The van der Waals surface area contributed by atoms with E-state index in [4.69, 9.17) is 17.3 Å². The van der Waals surface area contributed by atoms with Gasteiger partial charge >= 0.3 is 0 Å². The molecule has 100 valence electrons. The van der Waals surface area contributed by atoms with Gasteiger partial charge in [0.1, 0.15) is 10.7 Å². The maximum Gasteiger partial charge on any atom is 0.271 e. The first-order chi connectivity index (χ1) is 9.11. The number of carbonyl (C=O) groups is 1. The summed E-state index contributed by atoms with van der Waals surface area (Å²) in [6.07, 6.45) is 0. The van der Waals surface area contributed by atoms with Crippen LogP contribution in [-0.4, -0.2) is 10.9 Å². The van der Waals surface area contributed by atoms with Crippen molar-refractivity contribution in [1.82, 2.24) is 10.3 Å². The van der Waals surface area contributed by atoms with E-state index in [1.807, 2.05) is 25.1 Å². The van der Waals surface area contributed by atoms with Gasteiger partial charge in [0.2, 0.25) is 0 Å². The summed E-state index contributed by atoms with van der Waals surface area (Å²) in [5.74, 6) is -0.219. The third kappa shape index (κ3) is 3.32. The zero-order chi connectivity index (χ0) is 13.8. The molecular formula is C13H14ClN3OS. The Morgan fingerprint density at radius 1 is 1.53 bits per heavy atom. The molecule has 1 aromatic carbocycles. The summed E-state index contributed by atoms with van der Waals surface area (Å²) in [4.78, 5) is 16.2. The second-order valence-corrected chi connectivity index (χ2v) is 5.40. The third-order valence-electron chi connectivity index (χ3n) is 2.68. The largest absolute Gasteiger partial charge is 0.344 e. The quantitative estimate of drug-likeness (QED) is 0.911. The first-order valence-corrected chi connectivity index (χ1v) is 7.07. The molecule has 0 spiro atoms. The molecule has 1 atom stereocenters. The van der Waals surface area contributed by atoms with Crippen molar-refractivity contribution in [2.45, 2.75) is 19.5 Å². The van der Waals surface area contributed by atoms with E-state index in [0.717, 1.165) is 10.6 Å². The van der Waals surface area contributed by atoms with Gasteiger partial charge in [-0.15, -0.1) is 11.3 Å². The second kappa shape index (κ2) is 6.14. The highest BCUT2D eigenvalue weighted by Crippen LogP contribution is 2.22. The highest BCUT2D eigenvalue weighted by atomic mass is 35.5. The molecule has 1 amide bonds. The van der Waals surface area contributed by atoms with Crippen LogP contribution in [0.4, 0.5) is 0 Å². The van der Waals surface area contributed by atoms with E-state index in [1.165, 1.54) is 11.3 Å². The lowest BCUT2D eigenvalue weighted by Gasteiger charge is -2.14. The lowest BCUT2D eigenvalue weighted by Crippen LogP contribution is -2.27. The number of aromatic nitrogens is 1. The minimum Gasteiger partial charge on any atom is -0.344 e. The Kier molecular flexibility index (Phi) is 4.52. The van der Waals surface area contributed by atoms with Gasteiger partial charge in [-0.3, -0.25) is 4.79 Å². The maximum absolute atomic E-state index is 12.0. The molecule has 2 rings (SSSR count). The average molecular weight is 296 g/mol. The number of benzene rings is 1. The van der Waals surface area contributed by atoms with Gasteiger partial charge < -0.3 is 11.1 Å². The summed E-state index contributed by atoms with van der Waals surface area (Å²) >= 11 is 7.47. The van der Waals surface area contributed by atoms with Crippen molar-refractivity contribution in [2.75, 3.05) is 0 Å². The fraction of sp³-hybridized carbons (Fsp3) is 0.231. The summed E-state index contributed by atoms with van der Waals surface area (Å²) in [5.41, 5.74) is 6.75. The SMILES string of the molecule is CC(NC(=O)c1csc(CN)n1)c1ccccc1Cl. The van der Waals surface area contributed by atoms with Crippen LogP contribution in [0.15, 0.2) is 29.6 Å². The van der Waals surface area contributed by atoms with Crippen molar-refractivity contribution in [2.24, 2.45) is 5.73 Å². The van der Waals surface area contributed by atoms with Crippen molar-refractivity contribution < 1.29 is 4.79 Å². The van der Waals surface area contributed by atoms with E-state index in [-0.39, 0.29) is 11.9 Å². The number of carbonyl (C=O) groups excluding carboxylic acids is 1. The monoisotopic (exact) mass is 295 g/mol. The zero-order valence-corrected chi connectivity index (χ0v) is 12.0. The van der Waals surface area contributed by atoms with Gasteiger partial charge in [-0.25, -0.2) is 4.98 Å². The molecule has 0 fully saturated rings. The third-order valence-corrected chi connectivity index (χ3v) is 3.89. The normalized spacial score (nSPS) is 12.2. The zero-order valence-electron chi connectivity index (χ0n) is 10.4. The number of thiazole rings is 1. The van der Waals surface area contributed by atoms with Gasteiger partial charge in [-0.1, -0.05) is 29.8 Å². The van der Waals surface area contributed by atoms with E-state index >= 15 is 0 Å². The van der Waals surface area contributed by atoms with Gasteiger partial charge in [0.25, 0.3) is 5.91 Å². The van der Waals surface area contributed by atoms with Crippen LogP contribution in [-0.2, 0) is 6.54 Å². The number of rotatable bonds is 4. The number of nitrogens with zero attached hydrogens (tertiary/aromatic N) is 1. The van der Waals surface area contributed by atoms with Gasteiger partial charge in [-0.2, -0.15) is 0 Å². The number of amides is 1. The minimum absolute atomic E-state index is 0.177. The number of nitrogens with two attached hydrogens (primary N) is 1. The molecule has 0 radical (unpaired) electrons. The highest BCUT2D eigenvalue weighted by Gasteiger charge is 2.15. The highest BCUT2D eigenvalue weighted by molar-refractivity contribution is 7.09. The maximum atomic E-state index is 12.0.